The van der Waals surface area contributed by atoms with Crippen LogP contribution in [0.4, 0.5) is 0 Å². The van der Waals surface area contributed by atoms with Crippen LogP contribution in [0.25, 0.3) is 0 Å². The summed E-state index contributed by atoms with van der Waals surface area (Å²) in [5, 5.41) is 3.35. The molecule has 1 N–H and O–H groups in total. The van der Waals surface area contributed by atoms with Crippen molar-refractivity contribution in [3.05, 3.63) is 11.8 Å². The van der Waals surface area contributed by atoms with Gasteiger partial charge >= 0.3 is 0 Å². The zero-order valence-electron chi connectivity index (χ0n) is 8.76. The van der Waals surface area contributed by atoms with E-state index in [-0.39, 0.29) is 5.54 Å². The summed E-state index contributed by atoms with van der Waals surface area (Å²) >= 11 is 0. The highest BCUT2D eigenvalue weighted by Gasteiger charge is 2.18. The topological polar surface area (TPSA) is 36.8 Å². The summed E-state index contributed by atoms with van der Waals surface area (Å²) in [6, 6.07) is 0. The fourth-order valence-corrected chi connectivity index (χ4v) is 1.49. The molecule has 0 amide bonds. The molecule has 0 bridgehead atoms. The maximum absolute atomic E-state index is 4.29. The van der Waals surface area contributed by atoms with Gasteiger partial charge in [0.15, 0.2) is 0 Å². The number of likely N-dealkylation sites (N-methyl/N-ethyl adjacent to an activating group) is 1. The molecule has 1 heterocycles. The minimum absolute atomic E-state index is 0.153. The van der Waals surface area contributed by atoms with Crippen LogP contribution in [0.2, 0.25) is 0 Å². The Kier molecular flexibility index (Phi) is 2.98. The van der Waals surface area contributed by atoms with Crippen molar-refractivity contribution in [3.8, 4) is 0 Å². The SMILES string of the molecule is CCNC1(C)C=NC(C)=NC(C)=C1. The minimum atomic E-state index is -0.153. The van der Waals surface area contributed by atoms with Crippen LogP contribution >= 0.6 is 0 Å². The van der Waals surface area contributed by atoms with Crippen LogP contribution in [0.15, 0.2) is 21.8 Å². The van der Waals surface area contributed by atoms with Crippen LogP contribution in [0.5, 0.6) is 0 Å². The van der Waals surface area contributed by atoms with E-state index in [4.69, 9.17) is 0 Å². The molecule has 3 nitrogen and oxygen atoms in total. The molecular formula is C10H17N3. The summed E-state index contributed by atoms with van der Waals surface area (Å²) in [5.41, 5.74) is 0.860. The molecule has 13 heavy (non-hydrogen) atoms. The molecule has 0 aromatic heterocycles. The highest BCUT2D eigenvalue weighted by molar-refractivity contribution is 5.92. The number of hydrogen-bond donors (Lipinski definition) is 1. The number of nitrogens with one attached hydrogen (secondary N) is 1. The van der Waals surface area contributed by atoms with Gasteiger partial charge in [-0.25, -0.2) is 9.98 Å². The second-order valence-corrected chi connectivity index (χ2v) is 3.52. The molecule has 1 atom stereocenters. The van der Waals surface area contributed by atoms with Gasteiger partial charge in [0.05, 0.1) is 5.54 Å². The summed E-state index contributed by atoms with van der Waals surface area (Å²) < 4.78 is 0. The first-order chi connectivity index (χ1) is 6.06. The van der Waals surface area contributed by atoms with Gasteiger partial charge in [-0.1, -0.05) is 6.92 Å². The summed E-state index contributed by atoms with van der Waals surface area (Å²) in [4.78, 5) is 8.55. The lowest BCUT2D eigenvalue weighted by Gasteiger charge is -2.21. The Morgan fingerprint density at radius 1 is 1.46 bits per heavy atom. The third-order valence-electron chi connectivity index (χ3n) is 1.92. The zero-order chi connectivity index (χ0) is 9.90. The van der Waals surface area contributed by atoms with Crippen molar-refractivity contribution in [3.63, 3.8) is 0 Å². The predicted molar refractivity (Wildman–Crippen MR) is 57.4 cm³/mol. The predicted octanol–water partition coefficient (Wildman–Crippen LogP) is 1.76. The Morgan fingerprint density at radius 2 is 2.15 bits per heavy atom. The van der Waals surface area contributed by atoms with Gasteiger partial charge in [0.2, 0.25) is 0 Å². The molecule has 1 aliphatic heterocycles. The smallest absolute Gasteiger partial charge is 0.125 e. The van der Waals surface area contributed by atoms with E-state index in [0.29, 0.717) is 0 Å². The highest BCUT2D eigenvalue weighted by atomic mass is 15.0. The summed E-state index contributed by atoms with van der Waals surface area (Å²) in [6.07, 6.45) is 4.00. The Hall–Kier alpha value is -0.960. The summed E-state index contributed by atoms with van der Waals surface area (Å²) in [5.74, 6) is 0.815. The van der Waals surface area contributed by atoms with Gasteiger partial charge in [-0.3, -0.25) is 0 Å². The molecule has 0 fully saturated rings. The maximum Gasteiger partial charge on any atom is 0.125 e. The van der Waals surface area contributed by atoms with Gasteiger partial charge in [-0.05, 0) is 33.4 Å². The molecule has 0 aliphatic carbocycles. The molecule has 0 radical (unpaired) electrons. The number of allylic oxidation sites excluding steroid dienone is 1. The highest BCUT2D eigenvalue weighted by Crippen LogP contribution is 2.11. The Balaban J connectivity index is 2.92. The van der Waals surface area contributed by atoms with E-state index in [1.54, 1.807) is 0 Å². The fraction of sp³-hybridized carbons (Fsp3) is 0.600. The molecule has 1 unspecified atom stereocenters. The standard InChI is InChI=1S/C10H17N3/c1-5-12-10(4)6-8(2)13-9(3)11-7-10/h6-7,12H,5H2,1-4H3. The monoisotopic (exact) mass is 179 g/mol. The number of nitrogens with zero attached hydrogens (tertiary/aromatic N) is 2. The Morgan fingerprint density at radius 3 is 2.77 bits per heavy atom. The largest absolute Gasteiger partial charge is 0.304 e. The van der Waals surface area contributed by atoms with E-state index < -0.39 is 0 Å². The van der Waals surface area contributed by atoms with Crippen LogP contribution < -0.4 is 5.32 Å². The summed E-state index contributed by atoms with van der Waals surface area (Å²) in [7, 11) is 0. The van der Waals surface area contributed by atoms with Crippen LogP contribution in [-0.2, 0) is 0 Å². The lowest BCUT2D eigenvalue weighted by molar-refractivity contribution is 0.582. The van der Waals surface area contributed by atoms with Crippen molar-refractivity contribution in [1.29, 1.82) is 0 Å². The van der Waals surface area contributed by atoms with Crippen molar-refractivity contribution in [1.82, 2.24) is 5.32 Å². The van der Waals surface area contributed by atoms with Crippen LogP contribution in [0, 0.1) is 0 Å². The van der Waals surface area contributed by atoms with E-state index >= 15 is 0 Å². The maximum atomic E-state index is 4.29. The zero-order valence-corrected chi connectivity index (χ0v) is 8.76. The third-order valence-corrected chi connectivity index (χ3v) is 1.92. The molecule has 1 rings (SSSR count). The molecule has 0 spiro atoms. The fourth-order valence-electron chi connectivity index (χ4n) is 1.49. The molecule has 3 heteroatoms. The van der Waals surface area contributed by atoms with Gasteiger partial charge < -0.3 is 5.32 Å². The van der Waals surface area contributed by atoms with Crippen LogP contribution in [0.1, 0.15) is 27.7 Å². The minimum Gasteiger partial charge on any atom is -0.304 e. The number of rotatable bonds is 2. The van der Waals surface area contributed by atoms with Gasteiger partial charge in [0.1, 0.15) is 5.84 Å². The molecular weight excluding hydrogens is 162 g/mol. The van der Waals surface area contributed by atoms with Crippen LogP contribution in [0.3, 0.4) is 0 Å². The Labute approximate surface area is 79.7 Å². The van der Waals surface area contributed by atoms with E-state index in [0.717, 1.165) is 18.1 Å². The number of hydrogen-bond acceptors (Lipinski definition) is 3. The molecule has 72 valence electrons. The average molecular weight is 179 g/mol. The van der Waals surface area contributed by atoms with Crippen molar-refractivity contribution < 1.29 is 0 Å². The van der Waals surface area contributed by atoms with E-state index in [1.807, 2.05) is 20.1 Å². The van der Waals surface area contributed by atoms with Crippen LogP contribution in [-0.4, -0.2) is 24.1 Å². The normalized spacial score (nSPS) is 28.0. The van der Waals surface area contributed by atoms with E-state index in [1.165, 1.54) is 0 Å². The average Bonchev–Trinajstić information content (AvgIpc) is 2.11. The lowest BCUT2D eigenvalue weighted by Crippen LogP contribution is -2.42. The number of amidine groups is 1. The first-order valence-corrected chi connectivity index (χ1v) is 4.61. The first kappa shape index (κ1) is 10.1. The van der Waals surface area contributed by atoms with Gasteiger partial charge in [0.25, 0.3) is 0 Å². The Bertz CT molecular complexity index is 276. The lowest BCUT2D eigenvalue weighted by atomic mass is 10.0. The van der Waals surface area contributed by atoms with Crippen molar-refractivity contribution >= 4 is 12.1 Å². The number of aliphatic imine (C=N–C) groups is 2. The molecule has 0 aromatic rings. The molecule has 0 saturated heterocycles. The van der Waals surface area contributed by atoms with Crippen molar-refractivity contribution in [2.75, 3.05) is 6.54 Å². The van der Waals surface area contributed by atoms with Gasteiger partial charge in [0, 0.05) is 11.9 Å². The van der Waals surface area contributed by atoms with Gasteiger partial charge in [-0.2, -0.15) is 0 Å². The molecule has 0 aromatic carbocycles. The summed E-state index contributed by atoms with van der Waals surface area (Å²) in [6.45, 7) is 9.00. The molecule has 0 saturated carbocycles. The van der Waals surface area contributed by atoms with Gasteiger partial charge in [-0.15, -0.1) is 0 Å². The van der Waals surface area contributed by atoms with E-state index in [9.17, 15) is 0 Å². The quantitative estimate of drug-likeness (QED) is 0.689. The van der Waals surface area contributed by atoms with Crippen molar-refractivity contribution in [2.24, 2.45) is 9.98 Å². The molecule has 1 aliphatic rings. The second kappa shape index (κ2) is 3.83. The second-order valence-electron chi connectivity index (χ2n) is 3.52. The van der Waals surface area contributed by atoms with Crippen molar-refractivity contribution in [2.45, 2.75) is 33.2 Å². The third kappa shape index (κ3) is 2.77. The first-order valence-electron chi connectivity index (χ1n) is 4.61. The van der Waals surface area contributed by atoms with E-state index in [2.05, 4.69) is 35.2 Å².